The summed E-state index contributed by atoms with van der Waals surface area (Å²) in [4.78, 5) is 45.9. The number of sulfone groups is 2. The highest BCUT2D eigenvalue weighted by atomic mass is 32.2. The fourth-order valence-corrected chi connectivity index (χ4v) is 8.43. The van der Waals surface area contributed by atoms with Gasteiger partial charge in [0.2, 0.25) is 0 Å². The highest BCUT2D eigenvalue weighted by Crippen LogP contribution is 2.27. The quantitative estimate of drug-likeness (QED) is 0.0693. The maximum atomic E-state index is 13.0. The number of carboxylic acid groups (broad SMARTS) is 1. The topological polar surface area (TPSA) is 299 Å². The third-order valence-electron chi connectivity index (χ3n) is 7.30. The average Bonchev–Trinajstić information content (AvgIpc) is 3.10. The van der Waals surface area contributed by atoms with Crippen LogP contribution >= 0.6 is 0 Å². The molecule has 0 aromatic heterocycles. The fourth-order valence-electron chi connectivity index (χ4n) is 4.74. The summed E-state index contributed by atoms with van der Waals surface area (Å²) in [6.07, 6.45) is 2.10. The minimum Gasteiger partial charge on any atom is -0.480 e. The second-order valence-electron chi connectivity index (χ2n) is 11.2. The van der Waals surface area contributed by atoms with Gasteiger partial charge in [0.05, 0.1) is 16.9 Å². The van der Waals surface area contributed by atoms with E-state index in [1.165, 1.54) is 36.4 Å². The number of ether oxygens (including phenoxy) is 1. The van der Waals surface area contributed by atoms with E-state index in [9.17, 15) is 62.0 Å². The third-order valence-corrected chi connectivity index (χ3v) is 12.3. The molecule has 22 heteroatoms. The summed E-state index contributed by atoms with van der Waals surface area (Å²) in [5.74, 6) is -6.71. The molecule has 0 fully saturated rings. The molecule has 0 saturated carbocycles. The third kappa shape index (κ3) is 10.9. The van der Waals surface area contributed by atoms with Gasteiger partial charge in [-0.25, -0.2) is 16.8 Å². The van der Waals surface area contributed by atoms with E-state index in [2.05, 4.69) is 15.4 Å². The van der Waals surface area contributed by atoms with E-state index in [0.717, 1.165) is 67.8 Å². The molecular weight excluding hydrogens is 809 g/mol. The van der Waals surface area contributed by atoms with Crippen LogP contribution in [-0.2, 0) is 54.2 Å². The van der Waals surface area contributed by atoms with Crippen LogP contribution < -0.4 is 10.6 Å². The van der Waals surface area contributed by atoms with Crippen LogP contribution in [0.5, 0.6) is 0 Å². The van der Waals surface area contributed by atoms with Gasteiger partial charge in [-0.2, -0.15) is 16.8 Å². The lowest BCUT2D eigenvalue weighted by Crippen LogP contribution is -2.18. The van der Waals surface area contributed by atoms with Gasteiger partial charge in [0.1, 0.15) is 9.79 Å². The highest BCUT2D eigenvalue weighted by Gasteiger charge is 2.23. The molecule has 0 radical (unpaired) electrons. The van der Waals surface area contributed by atoms with Crippen LogP contribution in [0.25, 0.3) is 12.2 Å². The second kappa shape index (κ2) is 16.3. The molecule has 5 N–H and O–H groups in total. The number of aliphatic carboxylic acids is 1. The van der Waals surface area contributed by atoms with Crippen molar-refractivity contribution in [3.63, 3.8) is 0 Å². The molecule has 2 amide bonds. The molecule has 0 heterocycles. The van der Waals surface area contributed by atoms with E-state index in [4.69, 9.17) is 5.11 Å². The molecular formula is C33H28N2O16S4. The predicted octanol–water partition coefficient (Wildman–Crippen LogP) is 2.66. The van der Waals surface area contributed by atoms with Gasteiger partial charge in [-0.3, -0.25) is 28.3 Å². The number of carbonyl (C=O) groups is 4. The smallest absolute Gasteiger partial charge is 0.321 e. The fraction of sp³-hybridized carbons (Fsp3) is 0.0909. The Hall–Kier alpha value is -5.78. The number of carbonyl (C=O) groups excluding carboxylic acids is 3. The molecule has 4 aromatic carbocycles. The molecule has 0 spiro atoms. The number of benzene rings is 4. The van der Waals surface area contributed by atoms with E-state index in [0.29, 0.717) is 0 Å². The van der Waals surface area contributed by atoms with Gasteiger partial charge in [-0.05, 0) is 71.8 Å². The number of esters is 1. The van der Waals surface area contributed by atoms with Gasteiger partial charge in [-0.15, -0.1) is 0 Å². The van der Waals surface area contributed by atoms with Crippen molar-refractivity contribution in [2.24, 2.45) is 0 Å². The lowest BCUT2D eigenvalue weighted by molar-refractivity contribution is -0.137. The van der Waals surface area contributed by atoms with E-state index >= 15 is 0 Å². The normalized spacial score (nSPS) is 12.2. The van der Waals surface area contributed by atoms with Crippen LogP contribution in [0.4, 0.5) is 11.4 Å². The summed E-state index contributed by atoms with van der Waals surface area (Å²) in [6, 6.07) is 15.3. The second-order valence-corrected chi connectivity index (χ2v) is 18.0. The van der Waals surface area contributed by atoms with Crippen LogP contribution in [0.2, 0.25) is 0 Å². The van der Waals surface area contributed by atoms with Crippen LogP contribution in [0.15, 0.2) is 105 Å². The summed E-state index contributed by atoms with van der Waals surface area (Å²) in [7, 11) is -17.5. The van der Waals surface area contributed by atoms with Crippen molar-refractivity contribution in [3.8, 4) is 0 Å². The lowest BCUT2D eigenvalue weighted by Gasteiger charge is -2.11. The number of hydrogen-bond acceptors (Lipinski definition) is 13. The molecule has 4 aromatic rings. The molecule has 0 saturated heterocycles. The zero-order valence-electron chi connectivity index (χ0n) is 27.9. The van der Waals surface area contributed by atoms with Crippen LogP contribution in [0.3, 0.4) is 0 Å². The summed E-state index contributed by atoms with van der Waals surface area (Å²) in [6.45, 7) is 0. The van der Waals surface area contributed by atoms with Crippen LogP contribution in [-0.4, -0.2) is 90.3 Å². The number of rotatable bonds is 14. The molecule has 290 valence electrons. The minimum atomic E-state index is -5.02. The Bertz CT molecular complexity index is 2710. The lowest BCUT2D eigenvalue weighted by atomic mass is 10.1. The van der Waals surface area contributed by atoms with Gasteiger partial charge < -0.3 is 20.5 Å². The maximum Gasteiger partial charge on any atom is 0.321 e. The Labute approximate surface area is 313 Å². The number of amides is 2. The Kier molecular flexibility index (Phi) is 12.4. The summed E-state index contributed by atoms with van der Waals surface area (Å²) < 4.78 is 123. The molecule has 4 rings (SSSR count). The summed E-state index contributed by atoms with van der Waals surface area (Å²) in [5.41, 5.74) is -1.27. The Morgan fingerprint density at radius 2 is 1.00 bits per heavy atom. The number of nitrogens with one attached hydrogen (secondary N) is 2. The molecule has 18 nitrogen and oxygen atoms in total. The van der Waals surface area contributed by atoms with Gasteiger partial charge in [0.15, 0.2) is 31.2 Å². The van der Waals surface area contributed by atoms with Gasteiger partial charge in [0, 0.05) is 22.5 Å². The first-order chi connectivity index (χ1) is 25.5. The highest BCUT2D eigenvalue weighted by molar-refractivity contribution is 7.92. The van der Waals surface area contributed by atoms with Crippen molar-refractivity contribution in [1.82, 2.24) is 0 Å². The van der Waals surface area contributed by atoms with Gasteiger partial charge >= 0.3 is 11.9 Å². The minimum absolute atomic E-state index is 0.179. The first-order valence-corrected chi connectivity index (χ1v) is 21.2. The SMILES string of the molecule is COC(=O)CS(=O)(=O)c1cccc(C(=O)Nc2ccc(C=Cc3ccc(NC(=O)c4cccc(S(=O)(=O)CC(=O)O)c4)cc3S(=O)(=O)O)c(S(=O)(=O)O)c2)c1. The molecule has 55 heavy (non-hydrogen) atoms. The van der Waals surface area contributed by atoms with Crippen molar-refractivity contribution in [2.45, 2.75) is 19.6 Å². The molecule has 0 bridgehead atoms. The zero-order valence-corrected chi connectivity index (χ0v) is 31.2. The van der Waals surface area contributed by atoms with Crippen molar-refractivity contribution in [2.75, 3.05) is 29.2 Å². The first kappa shape index (κ1) is 42.0. The first-order valence-electron chi connectivity index (χ1n) is 15.0. The van der Waals surface area contributed by atoms with E-state index in [1.807, 2.05) is 0 Å². The standard InChI is InChI=1S/C33H28N2O16S4/c1-51-31(38)19-53(43,44)27-7-3-5-23(15-27)33(40)35-25-13-11-21(29(17-25)55(48,49)50)9-8-20-10-12-24(16-28(20)54(45,46)47)34-32(39)22-4-2-6-26(14-22)52(41,42)18-30(36)37/h2-17H,18-19H2,1H3,(H,34,39)(H,35,40)(H,36,37)(H,45,46,47)(H,48,49,50). The van der Waals surface area contributed by atoms with Crippen LogP contribution in [0, 0.1) is 0 Å². The van der Waals surface area contributed by atoms with Crippen molar-refractivity contribution in [1.29, 1.82) is 0 Å². The van der Waals surface area contributed by atoms with Crippen molar-refractivity contribution < 1.29 is 71.8 Å². The number of methoxy groups -OCH3 is 1. The Balaban J connectivity index is 1.61. The van der Waals surface area contributed by atoms with E-state index < -0.39 is 89.9 Å². The van der Waals surface area contributed by atoms with Gasteiger partial charge in [-0.1, -0.05) is 36.4 Å². The van der Waals surface area contributed by atoms with Crippen molar-refractivity contribution >= 4 is 87.2 Å². The number of carboxylic acids is 1. The number of anilines is 2. The summed E-state index contributed by atoms with van der Waals surface area (Å²) in [5, 5.41) is 13.6. The van der Waals surface area contributed by atoms with Crippen molar-refractivity contribution in [3.05, 3.63) is 107 Å². The predicted molar refractivity (Wildman–Crippen MR) is 194 cm³/mol. The molecule has 0 unspecified atom stereocenters. The van der Waals surface area contributed by atoms with E-state index in [1.54, 1.807) is 0 Å². The van der Waals surface area contributed by atoms with Crippen LogP contribution in [0.1, 0.15) is 31.8 Å². The maximum absolute atomic E-state index is 13.0. The Morgan fingerprint density at radius 1 is 0.600 bits per heavy atom. The average molecular weight is 837 g/mol. The molecule has 0 aliphatic carbocycles. The summed E-state index contributed by atoms with van der Waals surface area (Å²) >= 11 is 0. The Morgan fingerprint density at radius 3 is 1.36 bits per heavy atom. The number of hydrogen-bond donors (Lipinski definition) is 5. The molecule has 0 atom stereocenters. The molecule has 0 aliphatic rings. The van der Waals surface area contributed by atoms with Gasteiger partial charge in [0.25, 0.3) is 32.1 Å². The largest absolute Gasteiger partial charge is 0.480 e. The monoisotopic (exact) mass is 836 g/mol. The molecule has 0 aliphatic heterocycles. The van der Waals surface area contributed by atoms with E-state index in [-0.39, 0.29) is 38.5 Å². The zero-order chi connectivity index (χ0) is 40.9.